The van der Waals surface area contributed by atoms with Gasteiger partial charge in [-0.25, -0.2) is 4.68 Å². The maximum Gasteiger partial charge on any atom is 0.179 e. The van der Waals surface area contributed by atoms with Crippen molar-refractivity contribution >= 4 is 29.0 Å². The Morgan fingerprint density at radius 3 is 2.81 bits per heavy atom. The third-order valence-corrected chi connectivity index (χ3v) is 2.60. The van der Waals surface area contributed by atoms with E-state index in [2.05, 4.69) is 10.3 Å². The van der Waals surface area contributed by atoms with Crippen molar-refractivity contribution in [2.45, 2.75) is 6.92 Å². The molecule has 0 aliphatic rings. The summed E-state index contributed by atoms with van der Waals surface area (Å²) in [5, 5.41) is 8.47. The van der Waals surface area contributed by atoms with Gasteiger partial charge in [-0.05, 0) is 18.2 Å². The van der Waals surface area contributed by atoms with Crippen LogP contribution in [0.5, 0.6) is 0 Å². The van der Waals surface area contributed by atoms with Gasteiger partial charge in [0.15, 0.2) is 5.78 Å². The summed E-state index contributed by atoms with van der Waals surface area (Å²) >= 11 is 11.9. The van der Waals surface area contributed by atoms with Gasteiger partial charge in [0.2, 0.25) is 0 Å². The predicted octanol–water partition coefficient (Wildman–Crippen LogP) is 2.78. The van der Waals surface area contributed by atoms with Crippen LogP contribution in [-0.2, 0) is 0 Å². The van der Waals surface area contributed by atoms with E-state index in [1.165, 1.54) is 17.8 Å². The van der Waals surface area contributed by atoms with Crippen molar-refractivity contribution in [2.24, 2.45) is 0 Å². The summed E-state index contributed by atoms with van der Waals surface area (Å²) in [6.45, 7) is 1.44. The van der Waals surface area contributed by atoms with Gasteiger partial charge >= 0.3 is 0 Å². The molecule has 82 valence electrons. The molecule has 6 heteroatoms. The lowest BCUT2D eigenvalue weighted by Crippen LogP contribution is -2.06. The predicted molar refractivity (Wildman–Crippen MR) is 61.4 cm³/mol. The lowest BCUT2D eigenvalue weighted by Gasteiger charge is -2.06. The minimum atomic E-state index is -0.138. The van der Waals surface area contributed by atoms with Gasteiger partial charge in [0.1, 0.15) is 5.69 Å². The van der Waals surface area contributed by atoms with Crippen molar-refractivity contribution in [3.8, 4) is 5.69 Å². The Hall–Kier alpha value is -1.39. The van der Waals surface area contributed by atoms with Crippen molar-refractivity contribution in [1.29, 1.82) is 0 Å². The lowest BCUT2D eigenvalue weighted by atomic mass is 10.3. The first-order valence-electron chi connectivity index (χ1n) is 4.46. The molecule has 1 aromatic heterocycles. The SMILES string of the molecule is CC(=O)c1cnnn1-c1cc(Cl)ccc1Cl. The molecule has 0 unspecified atom stereocenters. The molecule has 0 N–H and O–H groups in total. The van der Waals surface area contributed by atoms with Crippen molar-refractivity contribution in [3.05, 3.63) is 40.1 Å². The minimum Gasteiger partial charge on any atom is -0.293 e. The average molecular weight is 256 g/mol. The smallest absolute Gasteiger partial charge is 0.179 e. The Bertz CT molecular complexity index is 551. The summed E-state index contributed by atoms with van der Waals surface area (Å²) in [7, 11) is 0. The molecule has 2 aromatic rings. The van der Waals surface area contributed by atoms with Crippen LogP contribution in [0.4, 0.5) is 0 Å². The van der Waals surface area contributed by atoms with E-state index in [9.17, 15) is 4.79 Å². The van der Waals surface area contributed by atoms with Gasteiger partial charge in [-0.15, -0.1) is 5.10 Å². The molecule has 0 aliphatic carbocycles. The molecule has 0 radical (unpaired) electrons. The monoisotopic (exact) mass is 255 g/mol. The summed E-state index contributed by atoms with van der Waals surface area (Å²) in [5.41, 5.74) is 0.904. The van der Waals surface area contributed by atoms with Gasteiger partial charge in [-0.2, -0.15) is 0 Å². The van der Waals surface area contributed by atoms with Gasteiger partial charge in [0.05, 0.1) is 16.9 Å². The standard InChI is InChI=1S/C10H7Cl2N3O/c1-6(16)10-5-13-14-15(10)9-4-7(11)2-3-8(9)12/h2-5H,1H3. The molecule has 1 aromatic carbocycles. The molecule has 0 atom stereocenters. The largest absolute Gasteiger partial charge is 0.293 e. The van der Waals surface area contributed by atoms with E-state index in [4.69, 9.17) is 23.2 Å². The first-order chi connectivity index (χ1) is 7.59. The maximum atomic E-state index is 11.3. The third kappa shape index (κ3) is 1.94. The molecule has 0 saturated heterocycles. The quantitative estimate of drug-likeness (QED) is 0.776. The maximum absolute atomic E-state index is 11.3. The highest BCUT2D eigenvalue weighted by Gasteiger charge is 2.13. The first kappa shape index (κ1) is 11.1. The summed E-state index contributed by atoms with van der Waals surface area (Å²) in [5.74, 6) is -0.138. The number of nitrogens with zero attached hydrogens (tertiary/aromatic N) is 3. The van der Waals surface area contributed by atoms with E-state index >= 15 is 0 Å². The van der Waals surface area contributed by atoms with Crippen LogP contribution in [0.1, 0.15) is 17.4 Å². The van der Waals surface area contributed by atoms with Crippen LogP contribution in [-0.4, -0.2) is 20.8 Å². The van der Waals surface area contributed by atoms with E-state index in [1.807, 2.05) is 0 Å². The van der Waals surface area contributed by atoms with Gasteiger partial charge in [-0.1, -0.05) is 28.4 Å². The van der Waals surface area contributed by atoms with Gasteiger partial charge in [0.25, 0.3) is 0 Å². The molecule has 0 amide bonds. The topological polar surface area (TPSA) is 47.8 Å². The summed E-state index contributed by atoms with van der Waals surface area (Å²) < 4.78 is 1.37. The number of aromatic nitrogens is 3. The average Bonchev–Trinajstić information content (AvgIpc) is 2.70. The zero-order valence-corrected chi connectivity index (χ0v) is 9.83. The van der Waals surface area contributed by atoms with Crippen molar-refractivity contribution in [1.82, 2.24) is 15.0 Å². The van der Waals surface area contributed by atoms with Crippen molar-refractivity contribution in [2.75, 3.05) is 0 Å². The van der Waals surface area contributed by atoms with E-state index in [0.29, 0.717) is 21.4 Å². The number of halogens is 2. The number of Topliss-reactive ketones (excluding diaryl/α,β-unsaturated/α-hetero) is 1. The number of ketones is 1. The third-order valence-electron chi connectivity index (χ3n) is 2.05. The molecule has 2 rings (SSSR count). The normalized spacial score (nSPS) is 10.4. The fourth-order valence-corrected chi connectivity index (χ4v) is 1.67. The van der Waals surface area contributed by atoms with E-state index in [-0.39, 0.29) is 5.78 Å². The van der Waals surface area contributed by atoms with Gasteiger partial charge in [-0.3, -0.25) is 4.79 Å². The van der Waals surface area contributed by atoms with Crippen LogP contribution in [0.3, 0.4) is 0 Å². The Morgan fingerprint density at radius 2 is 2.12 bits per heavy atom. The van der Waals surface area contributed by atoms with Crippen LogP contribution in [0.15, 0.2) is 24.4 Å². The number of hydrogen-bond donors (Lipinski definition) is 0. The number of carbonyl (C=O) groups excluding carboxylic acids is 1. The Kier molecular flexibility index (Phi) is 2.94. The molecule has 0 aliphatic heterocycles. The molecule has 1 heterocycles. The zero-order chi connectivity index (χ0) is 11.7. The molecule has 0 bridgehead atoms. The molecule has 16 heavy (non-hydrogen) atoms. The lowest BCUT2D eigenvalue weighted by molar-refractivity contribution is 0.101. The second-order valence-electron chi connectivity index (χ2n) is 3.18. The van der Waals surface area contributed by atoms with Crippen LogP contribution in [0.25, 0.3) is 5.69 Å². The summed E-state index contributed by atoms with van der Waals surface area (Å²) in [4.78, 5) is 11.3. The fraction of sp³-hybridized carbons (Fsp3) is 0.100. The second-order valence-corrected chi connectivity index (χ2v) is 4.03. The number of benzene rings is 1. The Balaban J connectivity index is 2.62. The van der Waals surface area contributed by atoms with E-state index in [1.54, 1.807) is 18.2 Å². The van der Waals surface area contributed by atoms with Crippen LogP contribution in [0, 0.1) is 0 Å². The van der Waals surface area contributed by atoms with Crippen LogP contribution >= 0.6 is 23.2 Å². The highest BCUT2D eigenvalue weighted by atomic mass is 35.5. The van der Waals surface area contributed by atoms with Crippen molar-refractivity contribution in [3.63, 3.8) is 0 Å². The first-order valence-corrected chi connectivity index (χ1v) is 5.22. The summed E-state index contributed by atoms with van der Waals surface area (Å²) in [6.07, 6.45) is 1.39. The zero-order valence-electron chi connectivity index (χ0n) is 8.32. The molecular weight excluding hydrogens is 249 g/mol. The molecule has 4 nitrogen and oxygen atoms in total. The molecule has 0 fully saturated rings. The number of rotatable bonds is 2. The number of carbonyl (C=O) groups is 1. The van der Waals surface area contributed by atoms with Gasteiger partial charge in [0, 0.05) is 11.9 Å². The Labute approximate surface area is 102 Å². The Morgan fingerprint density at radius 1 is 1.38 bits per heavy atom. The number of hydrogen-bond acceptors (Lipinski definition) is 3. The van der Waals surface area contributed by atoms with Gasteiger partial charge < -0.3 is 0 Å². The molecular formula is C10H7Cl2N3O. The highest BCUT2D eigenvalue weighted by Crippen LogP contribution is 2.24. The fourth-order valence-electron chi connectivity index (χ4n) is 1.30. The minimum absolute atomic E-state index is 0.138. The van der Waals surface area contributed by atoms with E-state index < -0.39 is 0 Å². The second kappa shape index (κ2) is 4.23. The highest BCUT2D eigenvalue weighted by molar-refractivity contribution is 6.34. The van der Waals surface area contributed by atoms with Crippen LogP contribution < -0.4 is 0 Å². The summed E-state index contributed by atoms with van der Waals surface area (Å²) in [6, 6.07) is 4.94. The van der Waals surface area contributed by atoms with Crippen LogP contribution in [0.2, 0.25) is 10.0 Å². The molecule has 0 saturated carbocycles. The van der Waals surface area contributed by atoms with E-state index in [0.717, 1.165) is 0 Å². The molecule has 0 spiro atoms. The van der Waals surface area contributed by atoms with Crippen molar-refractivity contribution < 1.29 is 4.79 Å².